The number of carbonyl (C=O) groups excluding carboxylic acids is 4. The number of amides is 4. The van der Waals surface area contributed by atoms with E-state index in [9.17, 15) is 19.2 Å². The molecule has 2 aliphatic rings. The van der Waals surface area contributed by atoms with Crippen molar-refractivity contribution in [1.29, 1.82) is 0 Å². The average Bonchev–Trinajstić information content (AvgIpc) is 3.84. The molecule has 0 bridgehead atoms. The maximum atomic E-state index is 13.2. The van der Waals surface area contributed by atoms with Crippen LogP contribution in [0.25, 0.3) is 22.6 Å². The van der Waals surface area contributed by atoms with Gasteiger partial charge in [0.1, 0.15) is 12.1 Å². The molecule has 252 valence electrons. The smallest absolute Gasteiger partial charge is 0.254 e. The summed E-state index contributed by atoms with van der Waals surface area (Å²) in [5.41, 5.74) is 14.3. The maximum absolute atomic E-state index is 13.2. The highest BCUT2D eigenvalue weighted by molar-refractivity contribution is 6.02. The molecular weight excluding hydrogens is 630 g/mol. The highest BCUT2D eigenvalue weighted by Crippen LogP contribution is 2.25. The van der Waals surface area contributed by atoms with Crippen LogP contribution in [0.1, 0.15) is 63.1 Å². The van der Waals surface area contributed by atoms with Crippen molar-refractivity contribution in [3.63, 3.8) is 0 Å². The minimum atomic E-state index is -0.579. The van der Waals surface area contributed by atoms with Gasteiger partial charge in [-0.3, -0.25) is 19.2 Å². The molecule has 2 fully saturated rings. The van der Waals surface area contributed by atoms with E-state index in [4.69, 9.17) is 5.53 Å². The molecule has 6 rings (SSSR count). The number of aryl methyl sites for hydroxylation is 1. The van der Waals surface area contributed by atoms with Crippen LogP contribution < -0.4 is 10.6 Å². The highest BCUT2D eigenvalue weighted by atomic mass is 16.2. The van der Waals surface area contributed by atoms with E-state index in [1.807, 2.05) is 79.7 Å². The Balaban J connectivity index is 1.01. The lowest BCUT2D eigenvalue weighted by atomic mass is 10.1. The first kappa shape index (κ1) is 33.7. The Hall–Kier alpha value is -6.19. The fraction of sp³-hybridized carbons (Fsp3) is 0.231. The van der Waals surface area contributed by atoms with Gasteiger partial charge in [-0.25, -0.2) is 0 Å². The second-order valence-electron chi connectivity index (χ2n) is 12.5. The lowest BCUT2D eigenvalue weighted by molar-refractivity contribution is -0.120. The third-order valence-corrected chi connectivity index (χ3v) is 9.03. The second-order valence-corrected chi connectivity index (χ2v) is 12.5. The number of anilines is 2. The summed E-state index contributed by atoms with van der Waals surface area (Å²) >= 11 is 0. The quantitative estimate of drug-likeness (QED) is 0.0819. The summed E-state index contributed by atoms with van der Waals surface area (Å²) in [7, 11) is 0. The average molecular weight is 668 g/mol. The maximum Gasteiger partial charge on any atom is 0.254 e. The Morgan fingerprint density at radius 3 is 1.50 bits per heavy atom. The molecule has 0 spiro atoms. The van der Waals surface area contributed by atoms with E-state index in [-0.39, 0.29) is 23.6 Å². The summed E-state index contributed by atoms with van der Waals surface area (Å²) in [6.45, 7) is 3.01. The van der Waals surface area contributed by atoms with E-state index < -0.39 is 12.1 Å². The van der Waals surface area contributed by atoms with Crippen LogP contribution in [0.4, 0.5) is 17.1 Å². The van der Waals surface area contributed by atoms with Gasteiger partial charge in [-0.05, 0) is 97.8 Å². The largest absolute Gasteiger partial charge is 0.327 e. The Kier molecular flexibility index (Phi) is 10.4. The number of nitrogens with one attached hydrogen (secondary N) is 2. The molecule has 2 saturated heterocycles. The van der Waals surface area contributed by atoms with E-state index in [0.717, 1.165) is 29.5 Å². The zero-order chi connectivity index (χ0) is 35.0. The first-order valence-corrected chi connectivity index (χ1v) is 16.6. The molecular formula is C39H37N7O4. The molecule has 0 unspecified atom stereocenters. The van der Waals surface area contributed by atoms with Crippen molar-refractivity contribution in [2.24, 2.45) is 5.11 Å². The van der Waals surface area contributed by atoms with Crippen LogP contribution >= 0.6 is 0 Å². The SMILES string of the molecule is Cc1ccc(C(=O)N2CCC[C@H]2C(=O)Nc2ccc(/C=C/c3ccc(NC(=O)[C@@H]4CCCN4C(=O)c4ccc(N=[N+]=[N-])cc4)cc3)cc2)cc1. The third kappa shape index (κ3) is 7.91. The molecule has 0 saturated carbocycles. The van der Waals surface area contributed by atoms with Crippen molar-refractivity contribution in [3.05, 3.63) is 135 Å². The normalized spacial score (nSPS) is 17.0. The molecule has 2 heterocycles. The van der Waals surface area contributed by atoms with Gasteiger partial charge in [0.2, 0.25) is 11.8 Å². The summed E-state index contributed by atoms with van der Waals surface area (Å²) in [5.74, 6) is -0.796. The number of rotatable bonds is 9. The Labute approximate surface area is 290 Å². The molecule has 11 nitrogen and oxygen atoms in total. The van der Waals surface area contributed by atoms with E-state index in [0.29, 0.717) is 54.1 Å². The molecule has 2 aliphatic heterocycles. The van der Waals surface area contributed by atoms with Crippen molar-refractivity contribution in [2.45, 2.75) is 44.7 Å². The standard InChI is InChI=1S/C39H37N7O4/c1-26-6-14-29(15-7-26)38(49)45-24-2-4-34(45)36(47)41-31-18-10-27(11-19-31)8-9-28-12-20-32(21-13-28)42-37(48)35-5-3-25-46(35)39(50)30-16-22-33(23-17-30)43-44-40/h6-23,34-35H,2-5,24-25H2,1H3,(H,41,47)(H,42,48)/b9-8+/t34-,35-/m0/s1. The van der Waals surface area contributed by atoms with Crippen molar-refractivity contribution >= 4 is 52.8 Å². The predicted molar refractivity (Wildman–Crippen MR) is 194 cm³/mol. The Morgan fingerprint density at radius 2 is 1.08 bits per heavy atom. The zero-order valence-electron chi connectivity index (χ0n) is 27.7. The molecule has 4 aromatic carbocycles. The lowest BCUT2D eigenvalue weighted by Crippen LogP contribution is -2.43. The number of likely N-dealkylation sites (tertiary alicyclic amines) is 2. The van der Waals surface area contributed by atoms with Crippen molar-refractivity contribution in [1.82, 2.24) is 9.80 Å². The molecule has 2 N–H and O–H groups in total. The molecule has 4 amide bonds. The van der Waals surface area contributed by atoms with Crippen molar-refractivity contribution < 1.29 is 19.2 Å². The fourth-order valence-electron chi connectivity index (χ4n) is 6.31. The predicted octanol–water partition coefficient (Wildman–Crippen LogP) is 7.59. The van der Waals surface area contributed by atoms with E-state index in [2.05, 4.69) is 20.7 Å². The number of hydrogen-bond acceptors (Lipinski definition) is 5. The Bertz CT molecular complexity index is 1950. The van der Waals surface area contributed by atoms with E-state index in [1.165, 1.54) is 0 Å². The summed E-state index contributed by atoms with van der Waals surface area (Å²) in [6, 6.07) is 27.6. The first-order chi connectivity index (χ1) is 24.3. The van der Waals surface area contributed by atoms with Gasteiger partial charge in [-0.1, -0.05) is 71.4 Å². The molecule has 11 heteroatoms. The minimum Gasteiger partial charge on any atom is -0.327 e. The highest BCUT2D eigenvalue weighted by Gasteiger charge is 2.35. The lowest BCUT2D eigenvalue weighted by Gasteiger charge is -2.24. The molecule has 0 radical (unpaired) electrons. The topological polar surface area (TPSA) is 148 Å². The van der Waals surface area contributed by atoms with Crippen LogP contribution in [0.5, 0.6) is 0 Å². The minimum absolute atomic E-state index is 0.126. The zero-order valence-corrected chi connectivity index (χ0v) is 27.7. The van der Waals surface area contributed by atoms with Gasteiger partial charge in [0, 0.05) is 46.2 Å². The van der Waals surface area contributed by atoms with Crippen molar-refractivity contribution in [3.8, 4) is 0 Å². The summed E-state index contributed by atoms with van der Waals surface area (Å²) in [5, 5.41) is 9.44. The monoisotopic (exact) mass is 667 g/mol. The van der Waals surface area contributed by atoms with E-state index >= 15 is 0 Å². The van der Waals surface area contributed by atoms with Crippen LogP contribution in [-0.4, -0.2) is 58.6 Å². The molecule has 2 atom stereocenters. The van der Waals surface area contributed by atoms with Gasteiger partial charge in [0.25, 0.3) is 11.8 Å². The first-order valence-electron chi connectivity index (χ1n) is 16.6. The number of azide groups is 1. The third-order valence-electron chi connectivity index (χ3n) is 9.03. The van der Waals surface area contributed by atoms with Gasteiger partial charge in [0.05, 0.1) is 0 Å². The summed E-state index contributed by atoms with van der Waals surface area (Å²) in [6.07, 6.45) is 6.63. The second kappa shape index (κ2) is 15.4. The van der Waals surface area contributed by atoms with Gasteiger partial charge < -0.3 is 20.4 Å². The van der Waals surface area contributed by atoms with Crippen molar-refractivity contribution in [2.75, 3.05) is 23.7 Å². The van der Waals surface area contributed by atoms with Crippen LogP contribution in [0.2, 0.25) is 0 Å². The van der Waals surface area contributed by atoms with Crippen LogP contribution in [0, 0.1) is 6.92 Å². The molecule has 0 aliphatic carbocycles. The molecule has 4 aromatic rings. The fourth-order valence-corrected chi connectivity index (χ4v) is 6.31. The number of nitrogens with zero attached hydrogens (tertiary/aromatic N) is 5. The number of carbonyl (C=O) groups is 4. The summed E-state index contributed by atoms with van der Waals surface area (Å²) < 4.78 is 0. The molecule has 0 aromatic heterocycles. The van der Waals surface area contributed by atoms with E-state index in [1.54, 1.807) is 46.2 Å². The summed E-state index contributed by atoms with van der Waals surface area (Å²) in [4.78, 5) is 58.5. The van der Waals surface area contributed by atoms with Gasteiger partial charge in [-0.15, -0.1) is 0 Å². The van der Waals surface area contributed by atoms with Crippen LogP contribution in [0.3, 0.4) is 0 Å². The Morgan fingerprint density at radius 1 is 0.660 bits per heavy atom. The van der Waals surface area contributed by atoms with Crippen LogP contribution in [0.15, 0.2) is 102 Å². The van der Waals surface area contributed by atoms with Crippen LogP contribution in [-0.2, 0) is 9.59 Å². The van der Waals surface area contributed by atoms with Gasteiger partial charge in [0.15, 0.2) is 0 Å². The molecule has 50 heavy (non-hydrogen) atoms. The number of hydrogen-bond donors (Lipinski definition) is 2. The number of benzene rings is 4. The van der Waals surface area contributed by atoms with Gasteiger partial charge in [-0.2, -0.15) is 0 Å². The van der Waals surface area contributed by atoms with Gasteiger partial charge >= 0.3 is 0 Å².